The van der Waals surface area contributed by atoms with E-state index in [0.717, 1.165) is 0 Å². The van der Waals surface area contributed by atoms with Crippen molar-refractivity contribution in [2.24, 2.45) is 0 Å². The fraction of sp³-hybridized carbons (Fsp3) is 0. The van der Waals surface area contributed by atoms with E-state index in [1.54, 1.807) is 24.3 Å². The Morgan fingerprint density at radius 1 is 0.778 bits per heavy atom. The second-order valence-corrected chi connectivity index (χ2v) is 3.83. The molecule has 0 heterocycles. The van der Waals surface area contributed by atoms with Crippen LogP contribution in [0.2, 0.25) is 0 Å². The number of benzene rings is 2. The normalized spacial score (nSPS) is 10.9. The summed E-state index contributed by atoms with van der Waals surface area (Å²) in [5.74, 6) is -0.501. The SMILES string of the molecule is Oc1cc(O)cc(/C=C/c2cccc(O)c2O)c1. The third-order valence-electron chi connectivity index (χ3n) is 2.43. The van der Waals surface area contributed by atoms with Gasteiger partial charge in [-0.2, -0.15) is 0 Å². The molecule has 4 heteroatoms. The molecule has 92 valence electrons. The van der Waals surface area contributed by atoms with Crippen LogP contribution in [0.1, 0.15) is 11.1 Å². The number of hydrogen-bond acceptors (Lipinski definition) is 4. The maximum absolute atomic E-state index is 9.58. The van der Waals surface area contributed by atoms with Crippen LogP contribution in [0.5, 0.6) is 23.0 Å². The third-order valence-corrected chi connectivity index (χ3v) is 2.43. The summed E-state index contributed by atoms with van der Waals surface area (Å²) in [5.41, 5.74) is 1.02. The molecule has 0 saturated heterocycles. The van der Waals surface area contributed by atoms with E-state index in [0.29, 0.717) is 11.1 Å². The van der Waals surface area contributed by atoms with E-state index in [1.165, 1.54) is 24.3 Å². The minimum atomic E-state index is -0.210. The van der Waals surface area contributed by atoms with Gasteiger partial charge in [0.25, 0.3) is 0 Å². The Morgan fingerprint density at radius 3 is 2.11 bits per heavy atom. The number of hydrogen-bond donors (Lipinski definition) is 4. The highest BCUT2D eigenvalue weighted by Crippen LogP contribution is 2.30. The highest BCUT2D eigenvalue weighted by atomic mass is 16.3. The highest BCUT2D eigenvalue weighted by Gasteiger charge is 2.02. The molecule has 0 aliphatic carbocycles. The molecule has 0 amide bonds. The first kappa shape index (κ1) is 11.9. The van der Waals surface area contributed by atoms with Gasteiger partial charge < -0.3 is 20.4 Å². The fourth-order valence-electron chi connectivity index (χ4n) is 1.58. The van der Waals surface area contributed by atoms with E-state index in [1.807, 2.05) is 0 Å². The van der Waals surface area contributed by atoms with E-state index in [4.69, 9.17) is 0 Å². The van der Waals surface area contributed by atoms with Crippen LogP contribution < -0.4 is 0 Å². The summed E-state index contributed by atoms with van der Waals surface area (Å²) in [6.45, 7) is 0. The van der Waals surface area contributed by atoms with Crippen molar-refractivity contribution in [1.82, 2.24) is 0 Å². The summed E-state index contributed by atoms with van der Waals surface area (Å²) in [6, 6.07) is 8.78. The lowest BCUT2D eigenvalue weighted by Gasteiger charge is -2.01. The lowest BCUT2D eigenvalue weighted by Crippen LogP contribution is -1.76. The molecule has 0 unspecified atom stereocenters. The summed E-state index contributed by atoms with van der Waals surface area (Å²) >= 11 is 0. The molecule has 0 aliphatic rings. The highest BCUT2D eigenvalue weighted by molar-refractivity contribution is 5.74. The molecular formula is C14H12O4. The Balaban J connectivity index is 2.33. The monoisotopic (exact) mass is 244 g/mol. The Kier molecular flexibility index (Phi) is 3.10. The molecule has 0 fully saturated rings. The molecule has 0 bridgehead atoms. The van der Waals surface area contributed by atoms with E-state index < -0.39 is 0 Å². The lowest BCUT2D eigenvalue weighted by molar-refractivity contribution is 0.403. The standard InChI is InChI=1S/C14H12O4/c15-11-6-9(7-12(16)8-11)4-5-10-2-1-3-13(17)14(10)18/h1-8,15-18H/b5-4+. The Hall–Kier alpha value is -2.62. The van der Waals surface area contributed by atoms with Crippen molar-refractivity contribution in [1.29, 1.82) is 0 Å². The van der Waals surface area contributed by atoms with Gasteiger partial charge in [0.1, 0.15) is 11.5 Å². The average Bonchev–Trinajstić information content (AvgIpc) is 2.30. The second-order valence-electron chi connectivity index (χ2n) is 3.83. The summed E-state index contributed by atoms with van der Waals surface area (Å²) in [6.07, 6.45) is 3.18. The minimum absolute atomic E-state index is 0.0465. The zero-order valence-electron chi connectivity index (χ0n) is 9.41. The Morgan fingerprint density at radius 2 is 1.44 bits per heavy atom. The van der Waals surface area contributed by atoms with Crippen LogP contribution in [0.4, 0.5) is 0 Å². The van der Waals surface area contributed by atoms with Crippen LogP contribution in [0, 0.1) is 0 Å². The van der Waals surface area contributed by atoms with Crippen molar-refractivity contribution in [3.05, 3.63) is 47.5 Å². The zero-order chi connectivity index (χ0) is 13.1. The first-order valence-electron chi connectivity index (χ1n) is 5.28. The number of rotatable bonds is 2. The number of phenols is 4. The predicted octanol–water partition coefficient (Wildman–Crippen LogP) is 2.68. The van der Waals surface area contributed by atoms with Crippen molar-refractivity contribution in [2.75, 3.05) is 0 Å². The van der Waals surface area contributed by atoms with E-state index in [9.17, 15) is 20.4 Å². The average molecular weight is 244 g/mol. The molecule has 0 radical (unpaired) electrons. The first-order valence-corrected chi connectivity index (χ1v) is 5.28. The smallest absolute Gasteiger partial charge is 0.164 e. The molecule has 0 spiro atoms. The summed E-state index contributed by atoms with van der Waals surface area (Å²) < 4.78 is 0. The Labute approximate surface area is 104 Å². The van der Waals surface area contributed by atoms with Crippen molar-refractivity contribution < 1.29 is 20.4 Å². The van der Waals surface area contributed by atoms with Gasteiger partial charge in [-0.15, -0.1) is 0 Å². The van der Waals surface area contributed by atoms with Gasteiger partial charge in [-0.1, -0.05) is 24.3 Å². The van der Waals surface area contributed by atoms with Crippen molar-refractivity contribution >= 4 is 12.2 Å². The topological polar surface area (TPSA) is 80.9 Å². The van der Waals surface area contributed by atoms with Crippen LogP contribution in [0.15, 0.2) is 36.4 Å². The predicted molar refractivity (Wildman–Crippen MR) is 68.5 cm³/mol. The Bertz CT molecular complexity index is 582. The van der Waals surface area contributed by atoms with Crippen LogP contribution in [0.3, 0.4) is 0 Å². The first-order chi connectivity index (χ1) is 8.56. The molecular weight excluding hydrogens is 232 g/mol. The molecule has 4 nitrogen and oxygen atoms in total. The molecule has 2 aromatic carbocycles. The molecule has 2 rings (SSSR count). The molecule has 0 saturated carbocycles. The van der Waals surface area contributed by atoms with Crippen LogP contribution in [0.25, 0.3) is 12.2 Å². The van der Waals surface area contributed by atoms with Gasteiger partial charge in [-0.25, -0.2) is 0 Å². The van der Waals surface area contributed by atoms with Crippen molar-refractivity contribution in [3.8, 4) is 23.0 Å². The number of para-hydroxylation sites is 1. The van der Waals surface area contributed by atoms with E-state index in [2.05, 4.69) is 0 Å². The summed E-state index contributed by atoms with van der Waals surface area (Å²) in [4.78, 5) is 0. The molecule has 2 aromatic rings. The maximum atomic E-state index is 9.58. The van der Waals surface area contributed by atoms with Crippen molar-refractivity contribution in [2.45, 2.75) is 0 Å². The minimum Gasteiger partial charge on any atom is -0.508 e. The van der Waals surface area contributed by atoms with E-state index in [-0.39, 0.29) is 23.0 Å². The van der Waals surface area contributed by atoms with Crippen molar-refractivity contribution in [3.63, 3.8) is 0 Å². The molecule has 0 aliphatic heterocycles. The van der Waals surface area contributed by atoms with Crippen LogP contribution >= 0.6 is 0 Å². The number of phenolic OH excluding ortho intramolecular Hbond substituents is 4. The van der Waals surface area contributed by atoms with Crippen LogP contribution in [-0.2, 0) is 0 Å². The van der Waals surface area contributed by atoms with Gasteiger partial charge in [0.15, 0.2) is 11.5 Å². The van der Waals surface area contributed by atoms with Gasteiger partial charge >= 0.3 is 0 Å². The maximum Gasteiger partial charge on any atom is 0.164 e. The van der Waals surface area contributed by atoms with Gasteiger partial charge in [0.2, 0.25) is 0 Å². The zero-order valence-corrected chi connectivity index (χ0v) is 9.41. The second kappa shape index (κ2) is 4.71. The molecule has 0 atom stereocenters. The number of aromatic hydroxyl groups is 4. The fourth-order valence-corrected chi connectivity index (χ4v) is 1.58. The van der Waals surface area contributed by atoms with Gasteiger partial charge in [0.05, 0.1) is 0 Å². The van der Waals surface area contributed by atoms with Gasteiger partial charge in [0, 0.05) is 11.6 Å². The molecule has 4 N–H and O–H groups in total. The molecule has 0 aromatic heterocycles. The van der Waals surface area contributed by atoms with Crippen LogP contribution in [-0.4, -0.2) is 20.4 Å². The summed E-state index contributed by atoms with van der Waals surface area (Å²) in [5, 5.41) is 37.5. The lowest BCUT2D eigenvalue weighted by atomic mass is 10.1. The summed E-state index contributed by atoms with van der Waals surface area (Å²) in [7, 11) is 0. The third kappa shape index (κ3) is 2.55. The van der Waals surface area contributed by atoms with Gasteiger partial charge in [-0.3, -0.25) is 0 Å². The van der Waals surface area contributed by atoms with E-state index >= 15 is 0 Å². The molecule has 18 heavy (non-hydrogen) atoms. The quantitative estimate of drug-likeness (QED) is 0.483. The largest absolute Gasteiger partial charge is 0.508 e. The van der Waals surface area contributed by atoms with Gasteiger partial charge in [-0.05, 0) is 23.8 Å².